The van der Waals surface area contributed by atoms with Gasteiger partial charge < -0.3 is 14.2 Å². The van der Waals surface area contributed by atoms with E-state index in [-0.39, 0.29) is 24.3 Å². The van der Waals surface area contributed by atoms with Crippen LogP contribution < -0.4 is 4.74 Å². The topological polar surface area (TPSA) is 65.8 Å². The van der Waals surface area contributed by atoms with Crippen molar-refractivity contribution < 1.29 is 41.0 Å². The third-order valence-corrected chi connectivity index (χ3v) is 9.10. The first-order valence-corrected chi connectivity index (χ1v) is 15.3. The Bertz CT molecular complexity index is 1470. The largest absolute Gasteiger partial charge is 0.457 e. The number of hydrogen-bond donors (Lipinski definition) is 0. The van der Waals surface area contributed by atoms with Gasteiger partial charge in [0.25, 0.3) is 0 Å². The maximum absolute atomic E-state index is 15.8. The van der Waals surface area contributed by atoms with Crippen LogP contribution in [0.2, 0.25) is 0 Å². The van der Waals surface area contributed by atoms with Crippen LogP contribution >= 0.6 is 0 Å². The molecule has 3 aromatic rings. The van der Waals surface area contributed by atoms with E-state index in [2.05, 4.69) is 5.10 Å². The summed E-state index contributed by atoms with van der Waals surface area (Å²) in [5.74, 6) is -2.97. The zero-order valence-corrected chi connectivity index (χ0v) is 24.5. The predicted octanol–water partition coefficient (Wildman–Crippen LogP) is 7.37. The molecule has 1 aliphatic carbocycles. The summed E-state index contributed by atoms with van der Waals surface area (Å²) < 4.78 is 91.3. The molecule has 0 radical (unpaired) electrons. The number of ether oxygens (including phenoxy) is 3. The second kappa shape index (κ2) is 12.6. The Labute approximate surface area is 252 Å². The number of carbonyl (C=O) groups excluding carboxylic acids is 1. The van der Waals surface area contributed by atoms with Gasteiger partial charge in [-0.15, -0.1) is 0 Å². The van der Waals surface area contributed by atoms with Crippen molar-refractivity contribution in [3.8, 4) is 5.75 Å². The number of rotatable bonds is 7. The SMILES string of the molecule is C[C@@H]1Cc2c(ccc3c2cnn3C2CCCCO2)[C@@H](c2c(F)cc(OCOC(=O)C3CCCCC3)cc2F)N1CC(F)(F)F. The van der Waals surface area contributed by atoms with Crippen LogP contribution in [0.1, 0.15) is 87.3 Å². The third kappa shape index (κ3) is 6.28. The highest BCUT2D eigenvalue weighted by molar-refractivity contribution is 5.84. The summed E-state index contributed by atoms with van der Waals surface area (Å²) in [7, 11) is 0. The molecule has 2 aromatic carbocycles. The Morgan fingerprint density at radius 3 is 2.45 bits per heavy atom. The molecule has 0 spiro atoms. The van der Waals surface area contributed by atoms with Gasteiger partial charge in [-0.3, -0.25) is 9.69 Å². The summed E-state index contributed by atoms with van der Waals surface area (Å²) in [6, 6.07) is 3.19. The van der Waals surface area contributed by atoms with Crippen molar-refractivity contribution in [1.29, 1.82) is 0 Å². The Morgan fingerprint density at radius 1 is 1.05 bits per heavy atom. The normalized spacial score (nSPS) is 23.5. The average Bonchev–Trinajstić information content (AvgIpc) is 3.43. The predicted molar refractivity (Wildman–Crippen MR) is 151 cm³/mol. The minimum absolute atomic E-state index is 0.218. The molecule has 3 heterocycles. The van der Waals surface area contributed by atoms with Crippen molar-refractivity contribution in [3.63, 3.8) is 0 Å². The fourth-order valence-corrected chi connectivity index (χ4v) is 6.96. The smallest absolute Gasteiger partial charge is 0.401 e. The Balaban J connectivity index is 1.32. The Morgan fingerprint density at radius 2 is 1.77 bits per heavy atom. The molecule has 7 nitrogen and oxygen atoms in total. The molecule has 2 aliphatic heterocycles. The van der Waals surface area contributed by atoms with Crippen molar-refractivity contribution in [2.75, 3.05) is 19.9 Å². The molecule has 0 amide bonds. The van der Waals surface area contributed by atoms with Gasteiger partial charge >= 0.3 is 12.1 Å². The number of hydrogen-bond acceptors (Lipinski definition) is 6. The number of alkyl halides is 3. The number of halogens is 5. The standard InChI is InChI=1S/C32H36F5N3O4/c1-19-13-23-22(10-11-27-24(23)16-38-40(27)28-9-5-6-12-42-28)30(39(19)17-32(35,36)37)29-25(33)14-21(15-26(29)34)43-18-44-31(41)20-7-3-2-4-8-20/h10-11,14-16,19-20,28,30H,2-9,12-13,17-18H2,1H3/t19-,28?,30+/m1/s1. The van der Waals surface area contributed by atoms with Gasteiger partial charge in [0.1, 0.15) is 17.4 Å². The molecule has 0 bridgehead atoms. The molecule has 44 heavy (non-hydrogen) atoms. The molecule has 1 aromatic heterocycles. The molecule has 3 atom stereocenters. The molecule has 2 fully saturated rings. The van der Waals surface area contributed by atoms with E-state index in [0.29, 0.717) is 17.7 Å². The zero-order chi connectivity index (χ0) is 31.0. The van der Waals surface area contributed by atoms with Gasteiger partial charge in [-0.2, -0.15) is 18.3 Å². The highest BCUT2D eigenvalue weighted by atomic mass is 19.4. The van der Waals surface area contributed by atoms with Crippen LogP contribution in [0.15, 0.2) is 30.5 Å². The molecule has 1 saturated heterocycles. The highest BCUT2D eigenvalue weighted by Gasteiger charge is 2.43. The summed E-state index contributed by atoms with van der Waals surface area (Å²) in [4.78, 5) is 13.4. The van der Waals surface area contributed by atoms with Crippen LogP contribution in [-0.4, -0.2) is 52.8 Å². The lowest BCUT2D eigenvalue weighted by Gasteiger charge is -2.42. The first-order valence-electron chi connectivity index (χ1n) is 15.3. The molecular formula is C32H36F5N3O4. The first kappa shape index (κ1) is 30.8. The van der Waals surface area contributed by atoms with Crippen molar-refractivity contribution in [2.45, 2.75) is 89.2 Å². The third-order valence-electron chi connectivity index (χ3n) is 9.10. The van der Waals surface area contributed by atoms with Crippen LogP contribution in [0.25, 0.3) is 10.9 Å². The number of esters is 1. The van der Waals surface area contributed by atoms with E-state index < -0.39 is 54.8 Å². The van der Waals surface area contributed by atoms with E-state index in [4.69, 9.17) is 14.2 Å². The molecule has 12 heteroatoms. The maximum atomic E-state index is 15.8. The van der Waals surface area contributed by atoms with Gasteiger partial charge in [-0.05, 0) is 62.6 Å². The van der Waals surface area contributed by atoms with Crippen molar-refractivity contribution in [1.82, 2.24) is 14.7 Å². The first-order chi connectivity index (χ1) is 21.1. The molecule has 238 valence electrons. The summed E-state index contributed by atoms with van der Waals surface area (Å²) in [6.45, 7) is 0.371. The van der Waals surface area contributed by atoms with Crippen LogP contribution in [-0.2, 0) is 20.7 Å². The number of carbonyl (C=O) groups is 1. The molecule has 3 aliphatic rings. The molecular weight excluding hydrogens is 585 g/mol. The lowest BCUT2D eigenvalue weighted by molar-refractivity contribution is -0.157. The molecule has 1 unspecified atom stereocenters. The van der Waals surface area contributed by atoms with E-state index in [1.165, 1.54) is 0 Å². The van der Waals surface area contributed by atoms with Crippen molar-refractivity contribution >= 4 is 16.9 Å². The average molecular weight is 622 g/mol. The second-order valence-electron chi connectivity index (χ2n) is 12.1. The molecule has 6 rings (SSSR count). The van der Waals surface area contributed by atoms with E-state index in [1.807, 2.05) is 0 Å². The molecule has 0 N–H and O–H groups in total. The van der Waals surface area contributed by atoms with Gasteiger partial charge in [-0.1, -0.05) is 25.3 Å². The Kier molecular flexibility index (Phi) is 8.83. The van der Waals surface area contributed by atoms with Gasteiger partial charge in [0, 0.05) is 35.7 Å². The summed E-state index contributed by atoms with van der Waals surface area (Å²) in [5.41, 5.74) is 1.35. The second-order valence-corrected chi connectivity index (χ2v) is 12.1. The highest BCUT2D eigenvalue weighted by Crippen LogP contribution is 2.44. The zero-order valence-electron chi connectivity index (χ0n) is 24.5. The summed E-state index contributed by atoms with van der Waals surface area (Å²) >= 11 is 0. The number of fused-ring (bicyclic) bond motifs is 3. The van der Waals surface area contributed by atoms with E-state index in [9.17, 15) is 18.0 Å². The van der Waals surface area contributed by atoms with Gasteiger partial charge in [0.15, 0.2) is 6.23 Å². The van der Waals surface area contributed by atoms with Crippen LogP contribution in [0.5, 0.6) is 5.75 Å². The lowest BCUT2D eigenvalue weighted by Crippen LogP contribution is -2.47. The van der Waals surface area contributed by atoms with Crippen molar-refractivity contribution in [3.05, 3.63) is 58.8 Å². The lowest BCUT2D eigenvalue weighted by atomic mass is 9.83. The molecule has 1 saturated carbocycles. The number of nitrogens with zero attached hydrogens (tertiary/aromatic N) is 3. The summed E-state index contributed by atoms with van der Waals surface area (Å²) in [6.07, 6.45) is 4.21. The van der Waals surface area contributed by atoms with E-state index >= 15 is 8.78 Å². The monoisotopic (exact) mass is 621 g/mol. The summed E-state index contributed by atoms with van der Waals surface area (Å²) in [5, 5.41) is 5.27. The number of aromatic nitrogens is 2. The van der Waals surface area contributed by atoms with Crippen LogP contribution in [0.4, 0.5) is 22.0 Å². The quantitative estimate of drug-likeness (QED) is 0.156. The minimum Gasteiger partial charge on any atom is -0.457 e. The van der Waals surface area contributed by atoms with E-state index in [1.54, 1.807) is 29.9 Å². The fraction of sp³-hybridized carbons (Fsp3) is 0.562. The fourth-order valence-electron chi connectivity index (χ4n) is 6.96. The van der Waals surface area contributed by atoms with E-state index in [0.717, 1.165) is 79.3 Å². The van der Waals surface area contributed by atoms with Crippen LogP contribution in [0, 0.1) is 17.6 Å². The van der Waals surface area contributed by atoms with Crippen molar-refractivity contribution in [2.24, 2.45) is 5.92 Å². The minimum atomic E-state index is -4.60. The number of benzene rings is 2. The van der Waals surface area contributed by atoms with Gasteiger partial charge in [-0.25, -0.2) is 13.5 Å². The van der Waals surface area contributed by atoms with Gasteiger partial charge in [0.05, 0.1) is 30.2 Å². The maximum Gasteiger partial charge on any atom is 0.401 e. The van der Waals surface area contributed by atoms with Crippen LogP contribution in [0.3, 0.4) is 0 Å². The Hall–Kier alpha value is -3.25. The van der Waals surface area contributed by atoms with Gasteiger partial charge in [0.2, 0.25) is 6.79 Å².